The van der Waals surface area contributed by atoms with Gasteiger partial charge in [0.05, 0.1) is 4.90 Å². The van der Waals surface area contributed by atoms with Gasteiger partial charge in [-0.05, 0) is 24.3 Å². The molecule has 0 aliphatic carbocycles. The van der Waals surface area contributed by atoms with Crippen molar-refractivity contribution < 1.29 is 21.6 Å². The zero-order valence-corrected chi connectivity index (χ0v) is 11.5. The van der Waals surface area contributed by atoms with Crippen molar-refractivity contribution in [3.05, 3.63) is 42.5 Å². The highest BCUT2D eigenvalue weighted by molar-refractivity contribution is 7.92. The molecule has 1 aromatic carbocycles. The molecule has 5 nitrogen and oxygen atoms in total. The van der Waals surface area contributed by atoms with Crippen LogP contribution in [0.1, 0.15) is 5.82 Å². The van der Waals surface area contributed by atoms with Crippen LogP contribution >= 0.6 is 0 Å². The maximum Gasteiger partial charge on any atom is 0.501 e. The number of anilines is 1. The molecule has 2 rings (SSSR count). The van der Waals surface area contributed by atoms with E-state index in [4.69, 9.17) is 0 Å². The molecule has 0 bridgehead atoms. The first-order valence-electron chi connectivity index (χ1n) is 5.94. The SMILES string of the molecule is O=S(=O)(c1ccc(NCCc2ncc[nH]2)cc1)C(F)(F)F. The minimum Gasteiger partial charge on any atom is -0.385 e. The number of aromatic nitrogens is 2. The fourth-order valence-corrected chi connectivity index (χ4v) is 2.41. The summed E-state index contributed by atoms with van der Waals surface area (Å²) in [5.74, 6) is 0.777. The molecule has 0 radical (unpaired) electrons. The van der Waals surface area contributed by atoms with Gasteiger partial charge in [0.15, 0.2) is 0 Å². The van der Waals surface area contributed by atoms with Gasteiger partial charge in [-0.3, -0.25) is 0 Å². The quantitative estimate of drug-likeness (QED) is 0.887. The Labute approximate surface area is 119 Å². The first-order valence-corrected chi connectivity index (χ1v) is 7.42. The van der Waals surface area contributed by atoms with E-state index < -0.39 is 20.2 Å². The molecule has 0 spiro atoms. The number of hydrogen-bond donors (Lipinski definition) is 2. The van der Waals surface area contributed by atoms with E-state index in [0.29, 0.717) is 18.7 Å². The molecule has 1 aromatic heterocycles. The maximum absolute atomic E-state index is 12.4. The fourth-order valence-electron chi connectivity index (χ4n) is 1.65. The van der Waals surface area contributed by atoms with Crippen molar-refractivity contribution in [3.8, 4) is 0 Å². The number of nitrogens with zero attached hydrogens (tertiary/aromatic N) is 1. The number of H-pyrrole nitrogens is 1. The third-order valence-electron chi connectivity index (χ3n) is 2.72. The van der Waals surface area contributed by atoms with Crippen LogP contribution in [-0.4, -0.2) is 30.4 Å². The molecule has 0 amide bonds. The van der Waals surface area contributed by atoms with Crippen LogP contribution in [0.25, 0.3) is 0 Å². The topological polar surface area (TPSA) is 74.8 Å². The molecule has 9 heteroatoms. The Hall–Kier alpha value is -2.03. The van der Waals surface area contributed by atoms with E-state index in [0.717, 1.165) is 18.0 Å². The average molecular weight is 319 g/mol. The van der Waals surface area contributed by atoms with Gasteiger partial charge >= 0.3 is 5.51 Å². The number of rotatable bonds is 5. The van der Waals surface area contributed by atoms with Crippen LogP contribution in [0, 0.1) is 0 Å². The minimum atomic E-state index is -5.29. The molecule has 0 aliphatic rings. The number of nitrogens with one attached hydrogen (secondary N) is 2. The normalized spacial score (nSPS) is 12.3. The summed E-state index contributed by atoms with van der Waals surface area (Å²) >= 11 is 0. The number of halogens is 3. The molecule has 0 aliphatic heterocycles. The average Bonchev–Trinajstić information content (AvgIpc) is 2.91. The van der Waals surface area contributed by atoms with Crippen LogP contribution in [-0.2, 0) is 16.3 Å². The Morgan fingerprint density at radius 3 is 2.38 bits per heavy atom. The smallest absolute Gasteiger partial charge is 0.385 e. The summed E-state index contributed by atoms with van der Waals surface area (Å²) in [5, 5.41) is 2.96. The van der Waals surface area contributed by atoms with Crippen molar-refractivity contribution in [2.45, 2.75) is 16.8 Å². The first-order chi connectivity index (χ1) is 9.80. The lowest BCUT2D eigenvalue weighted by atomic mass is 10.3. The number of aromatic amines is 1. The summed E-state index contributed by atoms with van der Waals surface area (Å²) in [5.41, 5.74) is -4.76. The molecule has 0 saturated carbocycles. The van der Waals surface area contributed by atoms with Crippen molar-refractivity contribution in [1.82, 2.24) is 9.97 Å². The number of sulfone groups is 1. The molecular weight excluding hydrogens is 307 g/mol. The van der Waals surface area contributed by atoms with Crippen LogP contribution in [0.5, 0.6) is 0 Å². The van der Waals surface area contributed by atoms with E-state index in [1.54, 1.807) is 12.4 Å². The third-order valence-corrected chi connectivity index (χ3v) is 4.22. The van der Waals surface area contributed by atoms with Crippen LogP contribution in [0.2, 0.25) is 0 Å². The zero-order valence-electron chi connectivity index (χ0n) is 10.7. The van der Waals surface area contributed by atoms with Gasteiger partial charge in [0.2, 0.25) is 0 Å². The molecule has 2 N–H and O–H groups in total. The van der Waals surface area contributed by atoms with Crippen molar-refractivity contribution in [2.24, 2.45) is 0 Å². The van der Waals surface area contributed by atoms with Gasteiger partial charge in [0.25, 0.3) is 9.84 Å². The van der Waals surface area contributed by atoms with E-state index in [1.807, 2.05) is 0 Å². The second kappa shape index (κ2) is 5.76. The second-order valence-corrected chi connectivity index (χ2v) is 6.13. The van der Waals surface area contributed by atoms with Crippen molar-refractivity contribution in [3.63, 3.8) is 0 Å². The van der Waals surface area contributed by atoms with Crippen LogP contribution in [0.4, 0.5) is 18.9 Å². The van der Waals surface area contributed by atoms with E-state index in [-0.39, 0.29) is 0 Å². The van der Waals surface area contributed by atoms with Gasteiger partial charge in [-0.15, -0.1) is 0 Å². The monoisotopic (exact) mass is 319 g/mol. The van der Waals surface area contributed by atoms with Gasteiger partial charge in [0, 0.05) is 31.0 Å². The van der Waals surface area contributed by atoms with E-state index in [1.165, 1.54) is 12.1 Å². The van der Waals surface area contributed by atoms with Gasteiger partial charge in [0.1, 0.15) is 5.82 Å². The zero-order chi connectivity index (χ0) is 15.5. The summed E-state index contributed by atoms with van der Waals surface area (Å²) < 4.78 is 59.4. The Bertz CT molecular complexity index is 680. The lowest BCUT2D eigenvalue weighted by molar-refractivity contribution is -0.0436. The fraction of sp³-hybridized carbons (Fsp3) is 0.250. The Balaban J connectivity index is 1.99. The minimum absolute atomic E-state index is 0.513. The molecule has 0 atom stereocenters. The predicted octanol–water partition coefficient (Wildman–Crippen LogP) is 2.36. The summed E-state index contributed by atoms with van der Waals surface area (Å²) in [6, 6.07) is 4.44. The largest absolute Gasteiger partial charge is 0.501 e. The van der Waals surface area contributed by atoms with Gasteiger partial charge in [-0.1, -0.05) is 0 Å². The van der Waals surface area contributed by atoms with Crippen LogP contribution in [0.3, 0.4) is 0 Å². The van der Waals surface area contributed by atoms with Crippen LogP contribution in [0.15, 0.2) is 41.6 Å². The highest BCUT2D eigenvalue weighted by Gasteiger charge is 2.46. The van der Waals surface area contributed by atoms with E-state index in [9.17, 15) is 21.6 Å². The first kappa shape index (κ1) is 15.4. The Morgan fingerprint density at radius 1 is 1.19 bits per heavy atom. The number of alkyl halides is 3. The number of imidazole rings is 1. The second-order valence-electron chi connectivity index (χ2n) is 4.19. The van der Waals surface area contributed by atoms with Gasteiger partial charge < -0.3 is 10.3 Å². The molecule has 114 valence electrons. The van der Waals surface area contributed by atoms with E-state index >= 15 is 0 Å². The summed E-state index contributed by atoms with van der Waals surface area (Å²) in [4.78, 5) is 6.16. The third kappa shape index (κ3) is 3.54. The predicted molar refractivity (Wildman–Crippen MR) is 70.5 cm³/mol. The Kier molecular flexibility index (Phi) is 4.21. The van der Waals surface area contributed by atoms with Crippen molar-refractivity contribution in [1.29, 1.82) is 0 Å². The summed E-state index contributed by atoms with van der Waals surface area (Å²) in [6.07, 6.45) is 3.91. The van der Waals surface area contributed by atoms with Gasteiger partial charge in [-0.2, -0.15) is 13.2 Å². The van der Waals surface area contributed by atoms with E-state index in [2.05, 4.69) is 15.3 Å². The number of benzene rings is 1. The van der Waals surface area contributed by atoms with Gasteiger partial charge in [-0.25, -0.2) is 13.4 Å². The van der Waals surface area contributed by atoms with Crippen molar-refractivity contribution in [2.75, 3.05) is 11.9 Å². The summed E-state index contributed by atoms with van der Waals surface area (Å²) in [6.45, 7) is 0.513. The summed E-state index contributed by atoms with van der Waals surface area (Å²) in [7, 11) is -5.29. The lowest BCUT2D eigenvalue weighted by Crippen LogP contribution is -2.23. The van der Waals surface area contributed by atoms with Crippen LogP contribution < -0.4 is 5.32 Å². The Morgan fingerprint density at radius 2 is 1.86 bits per heavy atom. The molecule has 1 heterocycles. The lowest BCUT2D eigenvalue weighted by Gasteiger charge is -2.09. The molecule has 2 aromatic rings. The molecule has 0 unspecified atom stereocenters. The molecular formula is C12H12F3N3O2S. The maximum atomic E-state index is 12.4. The highest BCUT2D eigenvalue weighted by atomic mass is 32.2. The molecule has 0 saturated heterocycles. The van der Waals surface area contributed by atoms with Crippen molar-refractivity contribution >= 4 is 15.5 Å². The molecule has 0 fully saturated rings. The standard InChI is InChI=1S/C12H12F3N3O2S/c13-12(14,15)21(19,20)10-3-1-9(2-4-10)16-6-5-11-17-7-8-18-11/h1-4,7-8,16H,5-6H2,(H,17,18). The highest BCUT2D eigenvalue weighted by Crippen LogP contribution is 2.30. The number of hydrogen-bond acceptors (Lipinski definition) is 4. The molecule has 21 heavy (non-hydrogen) atoms.